The molecule has 0 unspecified atom stereocenters. The molecule has 0 radical (unpaired) electrons. The molecule has 0 aliphatic carbocycles. The number of rotatable bonds is 1. The van der Waals surface area contributed by atoms with Gasteiger partial charge in [0.25, 0.3) is 0 Å². The second-order valence-electron chi connectivity index (χ2n) is 5.52. The number of fused-ring (bicyclic) bond motifs is 2. The van der Waals surface area contributed by atoms with Gasteiger partial charge in [-0.15, -0.1) is 0 Å². The van der Waals surface area contributed by atoms with Gasteiger partial charge in [0.15, 0.2) is 0 Å². The van der Waals surface area contributed by atoms with Crippen LogP contribution in [0, 0.1) is 5.82 Å². The first-order valence-electron chi connectivity index (χ1n) is 7.26. The molecule has 0 saturated heterocycles. The minimum Gasteiger partial charge on any atom is -0.328 e. The van der Waals surface area contributed by atoms with Crippen molar-refractivity contribution >= 4 is 45.4 Å². The van der Waals surface area contributed by atoms with Gasteiger partial charge in [0.05, 0.1) is 21.6 Å². The van der Waals surface area contributed by atoms with Crippen molar-refractivity contribution in [2.24, 2.45) is 0 Å². The summed E-state index contributed by atoms with van der Waals surface area (Å²) in [6, 6.07) is 2.97. The number of anilines is 1. The first-order valence-corrected chi connectivity index (χ1v) is 8.43. The van der Waals surface area contributed by atoms with Crippen molar-refractivity contribution in [2.45, 2.75) is 13.0 Å². The summed E-state index contributed by atoms with van der Waals surface area (Å²) in [7, 11) is 0. The third-order valence-corrected chi connectivity index (χ3v) is 5.53. The maximum absolute atomic E-state index is 14.5. The van der Waals surface area contributed by atoms with Gasteiger partial charge in [-0.3, -0.25) is 0 Å². The van der Waals surface area contributed by atoms with E-state index >= 15 is 0 Å². The number of imidazole rings is 1. The van der Waals surface area contributed by atoms with Gasteiger partial charge in [-0.1, -0.05) is 11.6 Å². The van der Waals surface area contributed by atoms with Crippen molar-refractivity contribution in [1.29, 1.82) is 0 Å². The Morgan fingerprint density at radius 3 is 3.08 bits per heavy atom. The Kier molecular flexibility index (Phi) is 2.90. The fourth-order valence-electron chi connectivity index (χ4n) is 3.23. The Morgan fingerprint density at radius 1 is 1.33 bits per heavy atom. The second-order valence-corrected chi connectivity index (χ2v) is 6.75. The standard InChI is InChI=1S/C15H9BrClFN6/c16-7-1-2-8(18)11(12(7)17)14-22-9-5-19-15-20-6-21-24(15)10-3-4-23(14)13(9)10/h1-2,5-6H,3-4H2,(H,19,20,21). The van der Waals surface area contributed by atoms with Crippen molar-refractivity contribution in [1.82, 2.24) is 24.3 Å². The van der Waals surface area contributed by atoms with Crippen LogP contribution < -0.4 is 16.0 Å². The molecule has 2 aliphatic heterocycles. The predicted octanol–water partition coefficient (Wildman–Crippen LogP) is 1.92. The average Bonchev–Trinajstić information content (AvgIpc) is 3.24. The number of aromatic nitrogens is 5. The minimum atomic E-state index is -0.400. The van der Waals surface area contributed by atoms with Gasteiger partial charge in [0.1, 0.15) is 23.3 Å². The molecule has 0 saturated carbocycles. The van der Waals surface area contributed by atoms with Crippen LogP contribution in [0.2, 0.25) is 5.02 Å². The van der Waals surface area contributed by atoms with Crippen LogP contribution in [0.4, 0.5) is 10.3 Å². The largest absolute Gasteiger partial charge is 0.328 e. The van der Waals surface area contributed by atoms with Crippen molar-refractivity contribution in [2.75, 3.05) is 5.32 Å². The highest BCUT2D eigenvalue weighted by atomic mass is 79.9. The average molecular weight is 408 g/mol. The third-order valence-electron chi connectivity index (χ3n) is 4.25. The summed E-state index contributed by atoms with van der Waals surface area (Å²) in [5.74, 6) is 0.757. The molecule has 5 rings (SSSR count). The van der Waals surface area contributed by atoms with Gasteiger partial charge in [-0.2, -0.15) is 10.1 Å². The minimum absolute atomic E-state index is 0.299. The van der Waals surface area contributed by atoms with E-state index in [1.54, 1.807) is 16.9 Å². The molecule has 1 aromatic carbocycles. The van der Waals surface area contributed by atoms with E-state index in [4.69, 9.17) is 11.6 Å². The van der Waals surface area contributed by atoms with E-state index in [9.17, 15) is 4.39 Å². The first kappa shape index (κ1) is 14.2. The van der Waals surface area contributed by atoms with Crippen LogP contribution >= 0.6 is 27.5 Å². The van der Waals surface area contributed by atoms with Gasteiger partial charge in [-0.25, -0.2) is 14.1 Å². The molecular formula is C15H9BrClFN6. The zero-order valence-electron chi connectivity index (χ0n) is 12.1. The number of halogens is 3. The SMILES string of the molecule is Fc1ccc(Br)c(Cl)c1-c1nc2c3n1CCC=3n1ncnc1NC=2. The summed E-state index contributed by atoms with van der Waals surface area (Å²) in [5.41, 5.74) is 1.29. The fourth-order valence-corrected chi connectivity index (χ4v) is 3.80. The maximum Gasteiger partial charge on any atom is 0.229 e. The van der Waals surface area contributed by atoms with Gasteiger partial charge >= 0.3 is 0 Å². The van der Waals surface area contributed by atoms with Crippen LogP contribution in [-0.2, 0) is 6.54 Å². The highest BCUT2D eigenvalue weighted by Crippen LogP contribution is 2.35. The maximum atomic E-state index is 14.5. The topological polar surface area (TPSA) is 60.6 Å². The quantitative estimate of drug-likeness (QED) is 0.626. The van der Waals surface area contributed by atoms with E-state index in [0.717, 1.165) is 22.8 Å². The van der Waals surface area contributed by atoms with Crippen molar-refractivity contribution in [3.8, 4) is 11.4 Å². The summed E-state index contributed by atoms with van der Waals surface area (Å²) < 4.78 is 18.8. The summed E-state index contributed by atoms with van der Waals surface area (Å²) in [5, 5.41) is 9.31. The predicted molar refractivity (Wildman–Crippen MR) is 91.1 cm³/mol. The molecule has 2 aliphatic rings. The number of benzene rings is 1. The van der Waals surface area contributed by atoms with Crippen LogP contribution in [0.5, 0.6) is 0 Å². The molecule has 6 nitrogen and oxygen atoms in total. The van der Waals surface area contributed by atoms with Crippen LogP contribution in [0.1, 0.15) is 6.42 Å². The lowest BCUT2D eigenvalue weighted by Gasteiger charge is -2.08. The Balaban J connectivity index is 1.88. The number of hydrogen-bond acceptors (Lipinski definition) is 4. The van der Waals surface area contributed by atoms with Crippen molar-refractivity contribution in [3.63, 3.8) is 0 Å². The van der Waals surface area contributed by atoms with Crippen molar-refractivity contribution < 1.29 is 4.39 Å². The summed E-state index contributed by atoms with van der Waals surface area (Å²) >= 11 is 9.69. The monoisotopic (exact) mass is 406 g/mol. The lowest BCUT2D eigenvalue weighted by molar-refractivity contribution is 0.626. The number of nitrogens with zero attached hydrogens (tertiary/aromatic N) is 5. The second kappa shape index (κ2) is 4.90. The Bertz CT molecular complexity index is 1130. The van der Waals surface area contributed by atoms with Crippen LogP contribution in [0.25, 0.3) is 23.3 Å². The zero-order valence-corrected chi connectivity index (χ0v) is 14.4. The molecule has 0 bridgehead atoms. The highest BCUT2D eigenvalue weighted by molar-refractivity contribution is 9.10. The van der Waals surface area contributed by atoms with E-state index in [-0.39, 0.29) is 0 Å². The van der Waals surface area contributed by atoms with E-state index in [2.05, 4.69) is 36.3 Å². The molecule has 120 valence electrons. The smallest absolute Gasteiger partial charge is 0.229 e. The van der Waals surface area contributed by atoms with Gasteiger partial charge in [0.2, 0.25) is 5.95 Å². The van der Waals surface area contributed by atoms with E-state index in [1.807, 2.05) is 4.57 Å². The lowest BCUT2D eigenvalue weighted by Crippen LogP contribution is -2.29. The summed E-state index contributed by atoms with van der Waals surface area (Å²) in [6.45, 7) is 0.683. The van der Waals surface area contributed by atoms with E-state index in [0.29, 0.717) is 33.4 Å². The molecule has 4 heterocycles. The van der Waals surface area contributed by atoms with E-state index < -0.39 is 5.82 Å². The number of nitrogens with one attached hydrogen (secondary N) is 1. The van der Waals surface area contributed by atoms with E-state index in [1.165, 1.54) is 12.4 Å². The first-order chi connectivity index (χ1) is 11.6. The molecule has 24 heavy (non-hydrogen) atoms. The normalized spacial score (nSPS) is 14.7. The molecule has 0 fully saturated rings. The Labute approximate surface area is 148 Å². The molecule has 2 aromatic heterocycles. The summed E-state index contributed by atoms with van der Waals surface area (Å²) in [6.07, 6.45) is 4.02. The number of hydrogen-bond donors (Lipinski definition) is 1. The summed E-state index contributed by atoms with van der Waals surface area (Å²) in [4.78, 5) is 8.80. The molecule has 0 atom stereocenters. The molecule has 9 heteroatoms. The van der Waals surface area contributed by atoms with Crippen LogP contribution in [-0.4, -0.2) is 24.3 Å². The lowest BCUT2D eigenvalue weighted by atomic mass is 10.2. The third kappa shape index (κ3) is 1.78. The molecule has 0 amide bonds. The molecule has 0 spiro atoms. The Hall–Kier alpha value is -2.19. The van der Waals surface area contributed by atoms with Gasteiger partial charge in [0, 0.05) is 23.6 Å². The Morgan fingerprint density at radius 2 is 2.21 bits per heavy atom. The fraction of sp³-hybridized carbons (Fsp3) is 0.133. The molecule has 1 N–H and O–H groups in total. The molecule has 3 aromatic rings. The molecular weight excluding hydrogens is 399 g/mol. The van der Waals surface area contributed by atoms with Gasteiger partial charge in [-0.05, 0) is 28.1 Å². The van der Waals surface area contributed by atoms with Crippen molar-refractivity contribution in [3.05, 3.63) is 44.5 Å². The van der Waals surface area contributed by atoms with Crippen LogP contribution in [0.15, 0.2) is 22.9 Å². The van der Waals surface area contributed by atoms with Gasteiger partial charge < -0.3 is 9.88 Å². The zero-order chi connectivity index (χ0) is 16.4. The van der Waals surface area contributed by atoms with Crippen LogP contribution in [0.3, 0.4) is 0 Å². The highest BCUT2D eigenvalue weighted by Gasteiger charge is 2.26.